The fourth-order valence-corrected chi connectivity index (χ4v) is 1.74. The molecule has 0 spiro atoms. The van der Waals surface area contributed by atoms with Gasteiger partial charge in [0.2, 0.25) is 0 Å². The van der Waals surface area contributed by atoms with Gasteiger partial charge >= 0.3 is 7.60 Å². The van der Waals surface area contributed by atoms with Gasteiger partial charge < -0.3 is 9.42 Å². The summed E-state index contributed by atoms with van der Waals surface area (Å²) in [6.07, 6.45) is 2.58. The average molecular weight is 180 g/mol. The first-order valence-corrected chi connectivity index (χ1v) is 6.00. The van der Waals surface area contributed by atoms with Crippen LogP contribution in [0.4, 0.5) is 0 Å². The molecule has 0 aliphatic rings. The van der Waals surface area contributed by atoms with E-state index < -0.39 is 7.60 Å². The fraction of sp³-hybridized carbons (Fsp3) is 1.00. The average Bonchev–Trinajstić information content (AvgIpc) is 1.84. The van der Waals surface area contributed by atoms with Crippen LogP contribution in [0.1, 0.15) is 33.1 Å². The summed E-state index contributed by atoms with van der Waals surface area (Å²) < 4.78 is 15.7. The van der Waals surface area contributed by atoms with Crippen molar-refractivity contribution in [3.8, 4) is 0 Å². The normalized spacial score (nSPS) is 19.3. The van der Waals surface area contributed by atoms with E-state index in [1.54, 1.807) is 0 Å². The highest BCUT2D eigenvalue weighted by Crippen LogP contribution is 2.39. The Balaban J connectivity index is 3.78. The zero-order valence-corrected chi connectivity index (χ0v) is 8.30. The Hall–Kier alpha value is 0.150. The predicted octanol–water partition coefficient (Wildman–Crippen LogP) is 2.40. The van der Waals surface area contributed by atoms with Gasteiger partial charge in [-0.2, -0.15) is 0 Å². The highest BCUT2D eigenvalue weighted by atomic mass is 31.2. The summed E-state index contributed by atoms with van der Waals surface area (Å²) in [6.45, 7) is 5.21. The molecular weight excluding hydrogens is 163 g/mol. The van der Waals surface area contributed by atoms with Crippen molar-refractivity contribution in [1.82, 2.24) is 0 Å². The van der Waals surface area contributed by atoms with Crippen LogP contribution in [0.5, 0.6) is 0 Å². The molecule has 2 unspecified atom stereocenters. The maximum absolute atomic E-state index is 10.8. The first-order chi connectivity index (χ1) is 4.99. The summed E-state index contributed by atoms with van der Waals surface area (Å²) in [4.78, 5) is 8.88. The molecule has 0 aliphatic heterocycles. The minimum Gasteiger partial charge on any atom is -0.324 e. The van der Waals surface area contributed by atoms with Crippen LogP contribution in [0.2, 0.25) is 0 Å². The van der Waals surface area contributed by atoms with E-state index in [0.717, 1.165) is 19.3 Å². The maximum Gasteiger partial charge on any atom is 0.325 e. The smallest absolute Gasteiger partial charge is 0.324 e. The van der Waals surface area contributed by atoms with E-state index in [4.69, 9.17) is 9.42 Å². The Labute approximate surface area is 68.3 Å². The molecule has 0 amide bonds. The molecule has 0 aromatic heterocycles. The quantitative estimate of drug-likeness (QED) is 0.661. The summed E-state index contributed by atoms with van der Waals surface area (Å²) in [5, 5.41) is 0. The lowest BCUT2D eigenvalue weighted by atomic mass is 10.2. The van der Waals surface area contributed by atoms with Crippen molar-refractivity contribution >= 4 is 7.60 Å². The molecule has 0 aromatic carbocycles. The van der Waals surface area contributed by atoms with Gasteiger partial charge in [0.15, 0.2) is 0 Å². The Morgan fingerprint density at radius 2 is 2.09 bits per heavy atom. The molecule has 4 heteroatoms. The molecular formula is C7H17O3P. The van der Waals surface area contributed by atoms with E-state index in [1.165, 1.54) is 6.66 Å². The van der Waals surface area contributed by atoms with Crippen molar-refractivity contribution in [1.29, 1.82) is 0 Å². The minimum absolute atomic E-state index is 0.0548. The Morgan fingerprint density at radius 3 is 2.36 bits per heavy atom. The lowest BCUT2D eigenvalue weighted by Gasteiger charge is -2.16. The van der Waals surface area contributed by atoms with Crippen molar-refractivity contribution in [2.45, 2.75) is 39.2 Å². The van der Waals surface area contributed by atoms with Crippen LogP contribution >= 0.6 is 7.60 Å². The van der Waals surface area contributed by atoms with Crippen LogP contribution < -0.4 is 0 Å². The Bertz CT molecular complexity index is 141. The third-order valence-electron chi connectivity index (χ3n) is 1.41. The zero-order valence-electron chi connectivity index (χ0n) is 7.41. The SMILES string of the molecule is CCCC(CC)OP(C)(=O)O. The molecule has 0 aliphatic carbocycles. The van der Waals surface area contributed by atoms with Crippen LogP contribution in [0, 0.1) is 0 Å². The zero-order chi connectivity index (χ0) is 8.91. The van der Waals surface area contributed by atoms with E-state index in [2.05, 4.69) is 0 Å². The van der Waals surface area contributed by atoms with Gasteiger partial charge in [-0.25, -0.2) is 0 Å². The van der Waals surface area contributed by atoms with Crippen molar-refractivity contribution in [3.63, 3.8) is 0 Å². The van der Waals surface area contributed by atoms with Crippen LogP contribution in [-0.4, -0.2) is 17.7 Å². The second kappa shape index (κ2) is 4.91. The van der Waals surface area contributed by atoms with Crippen molar-refractivity contribution in [2.24, 2.45) is 0 Å². The van der Waals surface area contributed by atoms with Crippen LogP contribution in [0.3, 0.4) is 0 Å². The molecule has 0 fully saturated rings. The molecule has 0 saturated carbocycles. The van der Waals surface area contributed by atoms with Gasteiger partial charge in [0.25, 0.3) is 0 Å². The van der Waals surface area contributed by atoms with Gasteiger partial charge in [0.1, 0.15) is 0 Å². The molecule has 0 radical (unpaired) electrons. The first-order valence-electron chi connectivity index (χ1n) is 3.98. The van der Waals surface area contributed by atoms with Crippen molar-refractivity contribution in [3.05, 3.63) is 0 Å². The number of hydrogen-bond acceptors (Lipinski definition) is 2. The molecule has 11 heavy (non-hydrogen) atoms. The van der Waals surface area contributed by atoms with E-state index in [9.17, 15) is 4.57 Å². The highest BCUT2D eigenvalue weighted by Gasteiger charge is 2.16. The molecule has 0 rings (SSSR count). The third-order valence-corrected chi connectivity index (χ3v) is 2.10. The van der Waals surface area contributed by atoms with Crippen molar-refractivity contribution < 1.29 is 14.0 Å². The Kier molecular flexibility index (Phi) is 4.98. The molecule has 2 atom stereocenters. The van der Waals surface area contributed by atoms with Crippen LogP contribution in [0.15, 0.2) is 0 Å². The van der Waals surface area contributed by atoms with Gasteiger partial charge in [-0.05, 0) is 12.8 Å². The molecule has 0 heterocycles. The summed E-state index contributed by atoms with van der Waals surface area (Å²) >= 11 is 0. The summed E-state index contributed by atoms with van der Waals surface area (Å²) in [5.41, 5.74) is 0. The monoisotopic (exact) mass is 180 g/mol. The minimum atomic E-state index is -3.27. The summed E-state index contributed by atoms with van der Waals surface area (Å²) in [6, 6.07) is 0. The topological polar surface area (TPSA) is 46.5 Å². The molecule has 0 bridgehead atoms. The van der Waals surface area contributed by atoms with Gasteiger partial charge in [-0.1, -0.05) is 20.3 Å². The molecule has 3 nitrogen and oxygen atoms in total. The first kappa shape index (κ1) is 11.2. The molecule has 0 aromatic rings. The highest BCUT2D eigenvalue weighted by molar-refractivity contribution is 7.51. The van der Waals surface area contributed by atoms with Gasteiger partial charge in [-0.15, -0.1) is 0 Å². The summed E-state index contributed by atoms with van der Waals surface area (Å²) in [7, 11) is -3.27. The molecule has 68 valence electrons. The molecule has 1 N–H and O–H groups in total. The summed E-state index contributed by atoms with van der Waals surface area (Å²) in [5.74, 6) is 0. The number of hydrogen-bond donors (Lipinski definition) is 1. The second-order valence-electron chi connectivity index (χ2n) is 2.73. The van der Waals surface area contributed by atoms with E-state index in [0.29, 0.717) is 0 Å². The lowest BCUT2D eigenvalue weighted by Crippen LogP contribution is -2.08. The Morgan fingerprint density at radius 1 is 1.55 bits per heavy atom. The van der Waals surface area contributed by atoms with Crippen molar-refractivity contribution in [2.75, 3.05) is 6.66 Å². The van der Waals surface area contributed by atoms with Crippen LogP contribution in [-0.2, 0) is 9.09 Å². The second-order valence-corrected chi connectivity index (χ2v) is 4.54. The van der Waals surface area contributed by atoms with Gasteiger partial charge in [-0.3, -0.25) is 4.57 Å². The van der Waals surface area contributed by atoms with E-state index in [-0.39, 0.29) is 6.10 Å². The predicted molar refractivity (Wildman–Crippen MR) is 45.8 cm³/mol. The number of rotatable bonds is 5. The van der Waals surface area contributed by atoms with Crippen LogP contribution in [0.25, 0.3) is 0 Å². The fourth-order valence-electron chi connectivity index (χ4n) is 0.930. The van der Waals surface area contributed by atoms with Gasteiger partial charge in [0, 0.05) is 6.66 Å². The lowest BCUT2D eigenvalue weighted by molar-refractivity contribution is 0.163. The maximum atomic E-state index is 10.8. The van der Waals surface area contributed by atoms with E-state index in [1.807, 2.05) is 13.8 Å². The standard InChI is InChI=1S/C7H17O3P/c1-4-6-7(5-2)10-11(3,8)9/h7H,4-6H2,1-3H3,(H,8,9). The van der Waals surface area contributed by atoms with E-state index >= 15 is 0 Å². The van der Waals surface area contributed by atoms with Gasteiger partial charge in [0.05, 0.1) is 6.10 Å². The largest absolute Gasteiger partial charge is 0.325 e. The molecule has 0 saturated heterocycles. The third kappa shape index (κ3) is 6.54.